The minimum atomic E-state index is -0.410. The zero-order valence-corrected chi connectivity index (χ0v) is 36.5. The second-order valence-electron chi connectivity index (χ2n) is 17.9. The van der Waals surface area contributed by atoms with E-state index in [2.05, 4.69) is 168 Å². The first-order valence-electron chi connectivity index (χ1n) is 18.9. The molecule has 7 heteroatoms. The van der Waals surface area contributed by atoms with Crippen molar-refractivity contribution in [2.24, 2.45) is 0 Å². The molecule has 0 aliphatic rings. The van der Waals surface area contributed by atoms with E-state index in [1.807, 2.05) is 46.1 Å². The SMILES string of the molecule is CC(C)(C)Oc1cccc(OC(C)(C)C)c1-c1sc2c(sc3c(-c4ccccc4)c(-c4c(OC(C)(C)C)cccc4OC(C)(C)C)sc32)c1-c1ccccc1. The van der Waals surface area contributed by atoms with Gasteiger partial charge in [-0.05, 0) is 118 Å². The van der Waals surface area contributed by atoms with Crippen LogP contribution in [-0.4, -0.2) is 22.4 Å². The fourth-order valence-electron chi connectivity index (χ4n) is 6.64. The predicted octanol–water partition coefficient (Wildman–Crippen LogP) is 15.6. The quantitative estimate of drug-likeness (QED) is 0.154. The van der Waals surface area contributed by atoms with Crippen molar-refractivity contribution in [1.82, 2.24) is 0 Å². The van der Waals surface area contributed by atoms with E-state index in [-0.39, 0.29) is 0 Å². The van der Waals surface area contributed by atoms with E-state index in [0.29, 0.717) is 0 Å². The lowest BCUT2D eigenvalue weighted by Crippen LogP contribution is -2.25. The Morgan fingerprint density at radius 1 is 0.309 bits per heavy atom. The van der Waals surface area contributed by atoms with E-state index in [9.17, 15) is 0 Å². The molecule has 0 spiro atoms. The monoisotopic (exact) mass is 788 g/mol. The van der Waals surface area contributed by atoms with Gasteiger partial charge in [0.2, 0.25) is 0 Å². The van der Waals surface area contributed by atoms with Gasteiger partial charge in [-0.15, -0.1) is 34.0 Å². The van der Waals surface area contributed by atoms with Crippen LogP contribution in [0.5, 0.6) is 23.0 Å². The van der Waals surface area contributed by atoms with E-state index in [1.54, 1.807) is 0 Å². The molecule has 0 saturated carbocycles. The van der Waals surface area contributed by atoms with Gasteiger partial charge in [-0.1, -0.05) is 72.8 Å². The summed E-state index contributed by atoms with van der Waals surface area (Å²) in [5.41, 5.74) is 5.05. The van der Waals surface area contributed by atoms with Gasteiger partial charge in [0.15, 0.2) is 0 Å². The first-order valence-corrected chi connectivity index (χ1v) is 21.4. The van der Waals surface area contributed by atoms with Crippen molar-refractivity contribution in [3.8, 4) is 66.1 Å². The summed E-state index contributed by atoms with van der Waals surface area (Å²) in [7, 11) is 0. The molecular weight excluding hydrogens is 737 g/mol. The maximum absolute atomic E-state index is 6.74. The molecule has 0 atom stereocenters. The molecule has 3 aromatic heterocycles. The van der Waals surface area contributed by atoms with Crippen molar-refractivity contribution >= 4 is 52.8 Å². The highest BCUT2D eigenvalue weighted by molar-refractivity contribution is 7.41. The zero-order valence-electron chi connectivity index (χ0n) is 34.1. The fourth-order valence-corrected chi connectivity index (χ4v) is 11.3. The van der Waals surface area contributed by atoms with Crippen molar-refractivity contribution in [1.29, 1.82) is 0 Å². The van der Waals surface area contributed by atoms with Crippen LogP contribution in [0.4, 0.5) is 0 Å². The van der Waals surface area contributed by atoms with Gasteiger partial charge < -0.3 is 18.9 Å². The van der Waals surface area contributed by atoms with Crippen LogP contribution >= 0.6 is 34.0 Å². The number of rotatable bonds is 8. The van der Waals surface area contributed by atoms with Crippen molar-refractivity contribution in [3.05, 3.63) is 97.1 Å². The summed E-state index contributed by atoms with van der Waals surface area (Å²) in [6.07, 6.45) is 0. The van der Waals surface area contributed by atoms with Crippen molar-refractivity contribution in [2.45, 2.75) is 105 Å². The van der Waals surface area contributed by atoms with Crippen LogP contribution in [0.2, 0.25) is 0 Å². The second-order valence-corrected chi connectivity index (χ2v) is 20.9. The fraction of sp³-hybridized carbons (Fsp3) is 0.333. The molecule has 4 aromatic carbocycles. The van der Waals surface area contributed by atoms with Crippen LogP contribution in [0.25, 0.3) is 61.9 Å². The Bertz CT molecular complexity index is 2220. The van der Waals surface area contributed by atoms with Gasteiger partial charge in [0, 0.05) is 11.1 Å². The van der Waals surface area contributed by atoms with E-state index in [1.165, 1.54) is 29.9 Å². The second kappa shape index (κ2) is 14.3. The minimum absolute atomic E-state index is 0.410. The van der Waals surface area contributed by atoms with Gasteiger partial charge in [0.1, 0.15) is 45.4 Å². The van der Waals surface area contributed by atoms with Crippen LogP contribution in [0.1, 0.15) is 83.1 Å². The molecule has 286 valence electrons. The van der Waals surface area contributed by atoms with Crippen LogP contribution in [0, 0.1) is 0 Å². The van der Waals surface area contributed by atoms with Crippen LogP contribution in [-0.2, 0) is 0 Å². The molecule has 0 amide bonds. The maximum atomic E-state index is 6.74. The summed E-state index contributed by atoms with van der Waals surface area (Å²) in [5, 5.41) is 0. The van der Waals surface area contributed by atoms with Gasteiger partial charge in [-0.25, -0.2) is 0 Å². The number of benzene rings is 4. The average molecular weight is 789 g/mol. The maximum Gasteiger partial charge on any atom is 0.132 e. The van der Waals surface area contributed by atoms with Gasteiger partial charge in [-0.2, -0.15) is 0 Å². The molecule has 0 unspecified atom stereocenters. The molecule has 55 heavy (non-hydrogen) atoms. The first kappa shape index (κ1) is 39.0. The van der Waals surface area contributed by atoms with E-state index >= 15 is 0 Å². The summed E-state index contributed by atoms with van der Waals surface area (Å²) >= 11 is 5.52. The van der Waals surface area contributed by atoms with Crippen LogP contribution in [0.3, 0.4) is 0 Å². The van der Waals surface area contributed by atoms with Gasteiger partial charge in [-0.3, -0.25) is 0 Å². The summed E-state index contributed by atoms with van der Waals surface area (Å²) in [6, 6.07) is 33.9. The molecule has 0 saturated heterocycles. The van der Waals surface area contributed by atoms with Gasteiger partial charge in [0.05, 0.1) is 39.7 Å². The molecule has 0 N–H and O–H groups in total. The highest BCUT2D eigenvalue weighted by Gasteiger charge is 2.32. The first-order chi connectivity index (χ1) is 25.8. The number of thiophene rings is 3. The smallest absolute Gasteiger partial charge is 0.132 e. The van der Waals surface area contributed by atoms with Crippen molar-refractivity contribution < 1.29 is 18.9 Å². The number of hydrogen-bond donors (Lipinski definition) is 0. The zero-order chi connectivity index (χ0) is 39.5. The molecule has 0 bridgehead atoms. The summed E-state index contributed by atoms with van der Waals surface area (Å²) < 4.78 is 32.0. The molecule has 0 aliphatic carbocycles. The molecule has 4 nitrogen and oxygen atoms in total. The average Bonchev–Trinajstić information content (AvgIpc) is 3.71. The van der Waals surface area contributed by atoms with Crippen molar-refractivity contribution in [2.75, 3.05) is 0 Å². The topological polar surface area (TPSA) is 36.9 Å². The number of hydrogen-bond acceptors (Lipinski definition) is 7. The highest BCUT2D eigenvalue weighted by Crippen LogP contribution is 2.60. The molecule has 0 radical (unpaired) electrons. The Morgan fingerprint density at radius 3 is 0.873 bits per heavy atom. The molecule has 3 heterocycles. The summed E-state index contributed by atoms with van der Waals surface area (Å²) in [6.45, 7) is 25.2. The predicted molar refractivity (Wildman–Crippen MR) is 238 cm³/mol. The standard InChI is InChI=1S/C48H52O4S3/c1-45(2,3)49-31-25-19-26-32(50-46(4,5)6)37(31)39-35(29-21-15-13-16-22-29)41-43(53-39)44-42(55-41)36(30-23-17-14-18-24-30)40(54-44)38-33(51-47(7,8)9)27-20-28-34(38)52-48(10,11)12/h13-28H,1-12H3. The Hall–Kier alpha value is -4.30. The number of ether oxygens (including phenoxy) is 4. The normalized spacial score (nSPS) is 12.7. The molecule has 7 aromatic rings. The lowest BCUT2D eigenvalue weighted by molar-refractivity contribution is 0.122. The Balaban J connectivity index is 1.60. The van der Waals surface area contributed by atoms with Crippen LogP contribution < -0.4 is 18.9 Å². The minimum Gasteiger partial charge on any atom is -0.487 e. The van der Waals surface area contributed by atoms with Crippen LogP contribution in [0.15, 0.2) is 97.1 Å². The third-order valence-electron chi connectivity index (χ3n) is 8.36. The van der Waals surface area contributed by atoms with E-state index in [0.717, 1.165) is 55.0 Å². The molecular formula is C48H52O4S3. The Morgan fingerprint density at radius 2 is 0.600 bits per heavy atom. The molecule has 7 rings (SSSR count). The number of fused-ring (bicyclic) bond motifs is 3. The Kier molecular flexibility index (Phi) is 10.1. The summed E-state index contributed by atoms with van der Waals surface area (Å²) in [5.74, 6) is 3.24. The lowest BCUT2D eigenvalue weighted by Gasteiger charge is -2.27. The van der Waals surface area contributed by atoms with E-state index < -0.39 is 22.4 Å². The third kappa shape index (κ3) is 8.45. The summed E-state index contributed by atoms with van der Waals surface area (Å²) in [4.78, 5) is 2.27. The lowest BCUT2D eigenvalue weighted by atomic mass is 10.00. The van der Waals surface area contributed by atoms with E-state index in [4.69, 9.17) is 18.9 Å². The Labute approximate surface area is 338 Å². The van der Waals surface area contributed by atoms with Gasteiger partial charge >= 0.3 is 0 Å². The molecule has 0 fully saturated rings. The largest absolute Gasteiger partial charge is 0.487 e. The van der Waals surface area contributed by atoms with Gasteiger partial charge in [0.25, 0.3) is 0 Å². The highest BCUT2D eigenvalue weighted by atomic mass is 32.1. The third-order valence-corrected chi connectivity index (χ3v) is 12.4. The molecule has 0 aliphatic heterocycles. The van der Waals surface area contributed by atoms with Crippen molar-refractivity contribution in [3.63, 3.8) is 0 Å².